The molecule has 2 atom stereocenters. The zero-order chi connectivity index (χ0) is 16.4. The van der Waals surface area contributed by atoms with Crippen LogP contribution in [0.2, 0.25) is 0 Å². The Morgan fingerprint density at radius 3 is 2.30 bits per heavy atom. The summed E-state index contributed by atoms with van der Waals surface area (Å²) in [5.74, 6) is 0.818. The van der Waals surface area contributed by atoms with Crippen LogP contribution in [0.15, 0.2) is 48.5 Å². The third kappa shape index (κ3) is 3.34. The van der Waals surface area contributed by atoms with E-state index in [1.165, 1.54) is 17.7 Å². The largest absolute Gasteiger partial charge is 0.486 e. The van der Waals surface area contributed by atoms with Crippen molar-refractivity contribution in [1.29, 1.82) is 0 Å². The van der Waals surface area contributed by atoms with Crippen molar-refractivity contribution in [2.75, 3.05) is 13.6 Å². The van der Waals surface area contributed by atoms with Gasteiger partial charge in [-0.25, -0.2) is 0 Å². The van der Waals surface area contributed by atoms with Crippen LogP contribution in [0.4, 0.5) is 13.2 Å². The van der Waals surface area contributed by atoms with Gasteiger partial charge in [-0.05, 0) is 48.9 Å². The van der Waals surface area contributed by atoms with E-state index in [4.69, 9.17) is 4.74 Å². The number of benzene rings is 2. The first-order chi connectivity index (χ1) is 11.0. The van der Waals surface area contributed by atoms with Gasteiger partial charge in [0.1, 0.15) is 11.9 Å². The van der Waals surface area contributed by atoms with Crippen molar-refractivity contribution in [3.63, 3.8) is 0 Å². The lowest BCUT2D eigenvalue weighted by Gasteiger charge is -2.16. The summed E-state index contributed by atoms with van der Waals surface area (Å²) in [6.07, 6.45) is -3.63. The number of alkyl halides is 3. The van der Waals surface area contributed by atoms with Gasteiger partial charge in [-0.1, -0.05) is 24.3 Å². The molecule has 3 rings (SSSR count). The smallest absolute Gasteiger partial charge is 0.416 e. The molecule has 0 fully saturated rings. The Balaban J connectivity index is 1.78. The molecule has 1 N–H and O–H groups in total. The van der Waals surface area contributed by atoms with E-state index in [1.807, 2.05) is 25.2 Å². The summed E-state index contributed by atoms with van der Waals surface area (Å²) in [5, 5.41) is 3.18. The molecular weight excluding hydrogens is 303 g/mol. The van der Waals surface area contributed by atoms with Gasteiger partial charge in [0.15, 0.2) is 0 Å². The van der Waals surface area contributed by atoms with Gasteiger partial charge in [-0.15, -0.1) is 0 Å². The molecule has 2 nitrogen and oxygen atoms in total. The fraction of sp³-hybridized carbons (Fsp3) is 0.333. The third-order valence-electron chi connectivity index (χ3n) is 4.19. The van der Waals surface area contributed by atoms with E-state index in [0.29, 0.717) is 11.7 Å². The van der Waals surface area contributed by atoms with E-state index in [2.05, 4.69) is 11.4 Å². The summed E-state index contributed by atoms with van der Waals surface area (Å²) in [6.45, 7) is 0.851. The molecule has 23 heavy (non-hydrogen) atoms. The fourth-order valence-electron chi connectivity index (χ4n) is 3.13. The number of fused-ring (bicyclic) bond motifs is 1. The summed E-state index contributed by atoms with van der Waals surface area (Å²) in [6, 6.07) is 13.0. The molecule has 0 bridgehead atoms. The summed E-state index contributed by atoms with van der Waals surface area (Å²) < 4.78 is 43.8. The Labute approximate surface area is 133 Å². The minimum Gasteiger partial charge on any atom is -0.486 e. The van der Waals surface area contributed by atoms with Gasteiger partial charge >= 0.3 is 6.18 Å². The van der Waals surface area contributed by atoms with Crippen LogP contribution in [-0.2, 0) is 6.18 Å². The Hall–Kier alpha value is -2.01. The van der Waals surface area contributed by atoms with Crippen LogP contribution in [0.3, 0.4) is 0 Å². The minimum absolute atomic E-state index is 0.124. The normalized spacial score (nSPS) is 20.3. The lowest BCUT2D eigenvalue weighted by Crippen LogP contribution is -2.15. The molecule has 122 valence electrons. The van der Waals surface area contributed by atoms with Crippen molar-refractivity contribution in [3.8, 4) is 5.75 Å². The zero-order valence-corrected chi connectivity index (χ0v) is 12.7. The summed E-state index contributed by atoms with van der Waals surface area (Å²) in [7, 11) is 1.91. The van der Waals surface area contributed by atoms with Crippen molar-refractivity contribution >= 4 is 0 Å². The monoisotopic (exact) mass is 321 g/mol. The standard InChI is InChI=1S/C18H18F3NO/c1-22-11-12-10-17(16-5-3-2-4-15(12)16)23-14-8-6-13(7-9-14)18(19,20)21/h2-9,12,17,22H,10-11H2,1H3. The molecule has 2 unspecified atom stereocenters. The highest BCUT2D eigenvalue weighted by molar-refractivity contribution is 5.39. The van der Waals surface area contributed by atoms with Gasteiger partial charge in [0.05, 0.1) is 5.56 Å². The molecule has 1 aliphatic carbocycles. The highest BCUT2D eigenvalue weighted by Crippen LogP contribution is 2.42. The number of hydrogen-bond acceptors (Lipinski definition) is 2. The quantitative estimate of drug-likeness (QED) is 0.893. The van der Waals surface area contributed by atoms with Gasteiger partial charge in [-0.3, -0.25) is 0 Å². The number of likely N-dealkylation sites (N-methyl/N-ethyl adjacent to an activating group) is 1. The molecule has 2 aromatic rings. The maximum absolute atomic E-state index is 12.6. The molecule has 0 aromatic heterocycles. The number of ether oxygens (including phenoxy) is 1. The van der Waals surface area contributed by atoms with Crippen molar-refractivity contribution in [1.82, 2.24) is 5.32 Å². The first-order valence-electron chi connectivity index (χ1n) is 7.56. The van der Waals surface area contributed by atoms with Crippen LogP contribution in [0, 0.1) is 0 Å². The fourth-order valence-corrected chi connectivity index (χ4v) is 3.13. The first kappa shape index (κ1) is 15.9. The minimum atomic E-state index is -4.32. The van der Waals surface area contributed by atoms with E-state index in [0.717, 1.165) is 30.7 Å². The van der Waals surface area contributed by atoms with Gasteiger partial charge in [-0.2, -0.15) is 13.2 Å². The summed E-state index contributed by atoms with van der Waals surface area (Å²) in [4.78, 5) is 0. The van der Waals surface area contributed by atoms with Gasteiger partial charge in [0.25, 0.3) is 0 Å². The molecular formula is C18H18F3NO. The summed E-state index contributed by atoms with van der Waals surface area (Å²) in [5.41, 5.74) is 1.70. The zero-order valence-electron chi connectivity index (χ0n) is 12.7. The maximum atomic E-state index is 12.6. The molecule has 0 saturated carbocycles. The third-order valence-corrected chi connectivity index (χ3v) is 4.19. The van der Waals surface area contributed by atoms with Crippen molar-refractivity contribution < 1.29 is 17.9 Å². The predicted molar refractivity (Wildman–Crippen MR) is 82.5 cm³/mol. The van der Waals surface area contributed by atoms with E-state index in [1.54, 1.807) is 0 Å². The van der Waals surface area contributed by atoms with Crippen LogP contribution in [-0.4, -0.2) is 13.6 Å². The van der Waals surface area contributed by atoms with Crippen LogP contribution in [0.5, 0.6) is 5.75 Å². The second kappa shape index (κ2) is 6.24. The Bertz CT molecular complexity index is 667. The molecule has 0 spiro atoms. The lowest BCUT2D eigenvalue weighted by molar-refractivity contribution is -0.137. The topological polar surface area (TPSA) is 21.3 Å². The van der Waals surface area contributed by atoms with Gasteiger partial charge in [0.2, 0.25) is 0 Å². The highest BCUT2D eigenvalue weighted by Gasteiger charge is 2.32. The van der Waals surface area contributed by atoms with E-state index >= 15 is 0 Å². The number of nitrogens with one attached hydrogen (secondary N) is 1. The molecule has 0 saturated heterocycles. The number of rotatable bonds is 4. The predicted octanol–water partition coefficient (Wildman–Crippen LogP) is 4.53. The van der Waals surface area contributed by atoms with E-state index in [9.17, 15) is 13.2 Å². The number of halogens is 3. The van der Waals surface area contributed by atoms with Crippen LogP contribution < -0.4 is 10.1 Å². The number of hydrogen-bond donors (Lipinski definition) is 1. The summed E-state index contributed by atoms with van der Waals surface area (Å²) >= 11 is 0. The molecule has 2 aromatic carbocycles. The maximum Gasteiger partial charge on any atom is 0.416 e. The Morgan fingerprint density at radius 2 is 1.70 bits per heavy atom. The average Bonchev–Trinajstić information content (AvgIpc) is 2.86. The van der Waals surface area contributed by atoms with Crippen molar-refractivity contribution in [2.45, 2.75) is 24.6 Å². The molecule has 0 aliphatic heterocycles. The highest BCUT2D eigenvalue weighted by atomic mass is 19.4. The van der Waals surface area contributed by atoms with E-state index in [-0.39, 0.29) is 6.10 Å². The first-order valence-corrected chi connectivity index (χ1v) is 7.56. The van der Waals surface area contributed by atoms with Crippen molar-refractivity contribution in [3.05, 3.63) is 65.2 Å². The van der Waals surface area contributed by atoms with Crippen molar-refractivity contribution in [2.24, 2.45) is 0 Å². The lowest BCUT2D eigenvalue weighted by atomic mass is 10.0. The molecule has 5 heteroatoms. The molecule has 0 radical (unpaired) electrons. The SMILES string of the molecule is CNCC1CC(Oc2ccc(C(F)(F)F)cc2)c2ccccc21. The van der Waals surface area contributed by atoms with Crippen LogP contribution >= 0.6 is 0 Å². The molecule has 1 aliphatic rings. The Morgan fingerprint density at radius 1 is 1.04 bits per heavy atom. The second-order valence-electron chi connectivity index (χ2n) is 5.75. The average molecular weight is 321 g/mol. The van der Waals surface area contributed by atoms with Gasteiger partial charge < -0.3 is 10.1 Å². The van der Waals surface area contributed by atoms with Crippen LogP contribution in [0.25, 0.3) is 0 Å². The Kier molecular flexibility index (Phi) is 4.31. The van der Waals surface area contributed by atoms with E-state index < -0.39 is 11.7 Å². The van der Waals surface area contributed by atoms with Crippen LogP contribution in [0.1, 0.15) is 35.1 Å². The molecule has 0 amide bonds. The molecule has 0 heterocycles. The second-order valence-corrected chi connectivity index (χ2v) is 5.75. The van der Waals surface area contributed by atoms with Gasteiger partial charge in [0, 0.05) is 12.5 Å².